The molecule has 1 heterocycles. The number of aromatic nitrogens is 1. The first-order chi connectivity index (χ1) is 8.30. The van der Waals surface area contributed by atoms with E-state index in [1.54, 1.807) is 6.20 Å². The van der Waals surface area contributed by atoms with Crippen LogP contribution in [0, 0.1) is 0 Å². The number of hydrogen-bond donors (Lipinski definition) is 0. The number of allylic oxidation sites excluding steroid dienone is 4. The molecule has 0 radical (unpaired) electrons. The SMILES string of the molecule is C=N/C(=C\C(=C/C)CCc1cccnc1)CC. The van der Waals surface area contributed by atoms with Crippen LogP contribution < -0.4 is 0 Å². The normalized spacial score (nSPS) is 12.6. The van der Waals surface area contributed by atoms with E-state index >= 15 is 0 Å². The second-order valence-corrected chi connectivity index (χ2v) is 3.87. The van der Waals surface area contributed by atoms with Gasteiger partial charge in [-0.05, 0) is 50.6 Å². The summed E-state index contributed by atoms with van der Waals surface area (Å²) in [7, 11) is 0. The predicted octanol–water partition coefficient (Wildman–Crippen LogP) is 3.96. The molecule has 0 fully saturated rings. The van der Waals surface area contributed by atoms with Crippen LogP contribution in [0.2, 0.25) is 0 Å². The summed E-state index contributed by atoms with van der Waals surface area (Å²) in [6, 6.07) is 4.08. The molecule has 0 saturated heterocycles. The van der Waals surface area contributed by atoms with Crippen molar-refractivity contribution in [2.24, 2.45) is 4.99 Å². The van der Waals surface area contributed by atoms with Gasteiger partial charge in [0.1, 0.15) is 0 Å². The van der Waals surface area contributed by atoms with Crippen LogP contribution in [0.5, 0.6) is 0 Å². The van der Waals surface area contributed by atoms with Gasteiger partial charge in [0.05, 0.1) is 0 Å². The van der Waals surface area contributed by atoms with Gasteiger partial charge in [-0.25, -0.2) is 0 Å². The lowest BCUT2D eigenvalue weighted by atomic mass is 10.0. The molecule has 0 saturated carbocycles. The zero-order valence-electron chi connectivity index (χ0n) is 10.7. The lowest BCUT2D eigenvalue weighted by molar-refractivity contribution is 0.942. The Hall–Kier alpha value is -1.70. The van der Waals surface area contributed by atoms with E-state index in [0.717, 1.165) is 25.0 Å². The van der Waals surface area contributed by atoms with Crippen molar-refractivity contribution in [2.45, 2.75) is 33.1 Å². The zero-order chi connectivity index (χ0) is 12.5. The summed E-state index contributed by atoms with van der Waals surface area (Å²) in [5.74, 6) is 0. The van der Waals surface area contributed by atoms with Crippen molar-refractivity contribution in [2.75, 3.05) is 0 Å². The molecule has 0 aromatic carbocycles. The minimum absolute atomic E-state index is 0.924. The Kier molecular flexibility index (Phi) is 5.94. The molecule has 0 aliphatic heterocycles. The van der Waals surface area contributed by atoms with Crippen molar-refractivity contribution in [3.05, 3.63) is 53.5 Å². The van der Waals surface area contributed by atoms with Crippen LogP contribution >= 0.6 is 0 Å². The van der Waals surface area contributed by atoms with Gasteiger partial charge in [-0.1, -0.05) is 24.6 Å². The van der Waals surface area contributed by atoms with Crippen LogP contribution in [0.3, 0.4) is 0 Å². The number of aliphatic imine (C=N–C) groups is 1. The van der Waals surface area contributed by atoms with E-state index in [-0.39, 0.29) is 0 Å². The molecule has 0 aliphatic rings. The number of rotatable bonds is 6. The molecule has 0 N–H and O–H groups in total. The number of pyridine rings is 1. The topological polar surface area (TPSA) is 25.2 Å². The summed E-state index contributed by atoms with van der Waals surface area (Å²) in [5.41, 5.74) is 3.62. The van der Waals surface area contributed by atoms with Crippen molar-refractivity contribution in [3.8, 4) is 0 Å². The van der Waals surface area contributed by atoms with E-state index < -0.39 is 0 Å². The molecule has 0 bridgehead atoms. The lowest BCUT2D eigenvalue weighted by Crippen LogP contribution is -1.89. The molecule has 90 valence electrons. The van der Waals surface area contributed by atoms with Crippen LogP contribution in [-0.2, 0) is 6.42 Å². The van der Waals surface area contributed by atoms with E-state index in [2.05, 4.69) is 48.8 Å². The molecule has 17 heavy (non-hydrogen) atoms. The van der Waals surface area contributed by atoms with Gasteiger partial charge in [0.15, 0.2) is 0 Å². The van der Waals surface area contributed by atoms with Gasteiger partial charge in [0.25, 0.3) is 0 Å². The van der Waals surface area contributed by atoms with E-state index in [1.165, 1.54) is 11.1 Å². The first-order valence-electron chi connectivity index (χ1n) is 6.01. The third-order valence-electron chi connectivity index (χ3n) is 2.71. The maximum absolute atomic E-state index is 4.12. The maximum atomic E-state index is 4.12. The smallest absolute Gasteiger partial charge is 0.0396 e. The average Bonchev–Trinajstić information content (AvgIpc) is 2.40. The van der Waals surface area contributed by atoms with E-state index in [0.29, 0.717) is 0 Å². The van der Waals surface area contributed by atoms with Crippen molar-refractivity contribution < 1.29 is 0 Å². The fourth-order valence-corrected chi connectivity index (χ4v) is 1.61. The lowest BCUT2D eigenvalue weighted by Gasteiger charge is -2.04. The van der Waals surface area contributed by atoms with Gasteiger partial charge in [-0.15, -0.1) is 0 Å². The minimum Gasteiger partial charge on any atom is -0.269 e. The summed E-state index contributed by atoms with van der Waals surface area (Å²) in [6.07, 6.45) is 10.9. The third kappa shape index (κ3) is 4.77. The summed E-state index contributed by atoms with van der Waals surface area (Å²) in [5, 5.41) is 0. The highest BCUT2D eigenvalue weighted by molar-refractivity contribution is 5.32. The van der Waals surface area contributed by atoms with E-state index in [9.17, 15) is 0 Å². The van der Waals surface area contributed by atoms with Crippen LogP contribution in [0.25, 0.3) is 0 Å². The zero-order valence-corrected chi connectivity index (χ0v) is 10.7. The Morgan fingerprint density at radius 3 is 2.88 bits per heavy atom. The summed E-state index contributed by atoms with van der Waals surface area (Å²) >= 11 is 0. The van der Waals surface area contributed by atoms with Crippen LogP contribution in [0.15, 0.2) is 52.9 Å². The first-order valence-corrected chi connectivity index (χ1v) is 6.01. The molecule has 2 nitrogen and oxygen atoms in total. The molecule has 1 aromatic rings. The van der Waals surface area contributed by atoms with Gasteiger partial charge in [-0.3, -0.25) is 9.98 Å². The molecular weight excluding hydrogens is 208 g/mol. The largest absolute Gasteiger partial charge is 0.269 e. The van der Waals surface area contributed by atoms with Gasteiger partial charge in [0, 0.05) is 18.1 Å². The molecule has 0 unspecified atom stereocenters. The van der Waals surface area contributed by atoms with Crippen LogP contribution in [-0.4, -0.2) is 11.7 Å². The number of aryl methyl sites for hydroxylation is 1. The van der Waals surface area contributed by atoms with E-state index in [1.807, 2.05) is 12.3 Å². The van der Waals surface area contributed by atoms with Gasteiger partial charge < -0.3 is 0 Å². The van der Waals surface area contributed by atoms with Crippen molar-refractivity contribution in [1.82, 2.24) is 4.98 Å². The second-order valence-electron chi connectivity index (χ2n) is 3.87. The molecule has 2 heteroatoms. The third-order valence-corrected chi connectivity index (χ3v) is 2.71. The molecular formula is C15H20N2. The Bertz CT molecular complexity index is 402. The quantitative estimate of drug-likeness (QED) is 0.534. The monoisotopic (exact) mass is 228 g/mol. The van der Waals surface area contributed by atoms with Gasteiger partial charge in [-0.2, -0.15) is 0 Å². The van der Waals surface area contributed by atoms with Crippen LogP contribution in [0.1, 0.15) is 32.3 Å². The summed E-state index contributed by atoms with van der Waals surface area (Å²) in [6.45, 7) is 7.74. The highest BCUT2D eigenvalue weighted by Gasteiger charge is 1.97. The predicted molar refractivity (Wildman–Crippen MR) is 74.2 cm³/mol. The van der Waals surface area contributed by atoms with Crippen molar-refractivity contribution in [3.63, 3.8) is 0 Å². The molecule has 0 atom stereocenters. The molecule has 1 rings (SSSR count). The van der Waals surface area contributed by atoms with Crippen LogP contribution in [0.4, 0.5) is 0 Å². The fraction of sp³-hybridized carbons (Fsp3) is 0.333. The van der Waals surface area contributed by atoms with Crippen molar-refractivity contribution >= 4 is 6.72 Å². The van der Waals surface area contributed by atoms with Gasteiger partial charge >= 0.3 is 0 Å². The molecule has 0 amide bonds. The second kappa shape index (κ2) is 7.55. The molecule has 1 aromatic heterocycles. The first kappa shape index (κ1) is 13.4. The number of nitrogens with zero attached hydrogens (tertiary/aromatic N) is 2. The highest BCUT2D eigenvalue weighted by Crippen LogP contribution is 2.13. The average molecular weight is 228 g/mol. The van der Waals surface area contributed by atoms with Crippen molar-refractivity contribution in [1.29, 1.82) is 0 Å². The molecule has 0 aliphatic carbocycles. The Morgan fingerprint density at radius 1 is 1.53 bits per heavy atom. The van der Waals surface area contributed by atoms with Gasteiger partial charge in [0.2, 0.25) is 0 Å². The molecule has 0 spiro atoms. The number of hydrogen-bond acceptors (Lipinski definition) is 2. The highest BCUT2D eigenvalue weighted by atomic mass is 14.7. The minimum atomic E-state index is 0.924. The maximum Gasteiger partial charge on any atom is 0.0396 e. The Morgan fingerprint density at radius 2 is 2.35 bits per heavy atom. The Balaban J connectivity index is 2.60. The summed E-state index contributed by atoms with van der Waals surface area (Å²) < 4.78 is 0. The summed E-state index contributed by atoms with van der Waals surface area (Å²) in [4.78, 5) is 8.13. The Labute approximate surface area is 104 Å². The van der Waals surface area contributed by atoms with E-state index in [4.69, 9.17) is 0 Å². The fourth-order valence-electron chi connectivity index (χ4n) is 1.61. The standard InChI is InChI=1S/C15H20N2/c1-4-13(11-15(5-2)16-3)8-9-14-7-6-10-17-12-14/h4,6-7,10-12H,3,5,8-9H2,1-2H3/b13-4-,15-11-.